The van der Waals surface area contributed by atoms with E-state index in [1.54, 1.807) is 4.90 Å². The largest absolute Gasteiger partial charge is 0.340 e. The lowest BCUT2D eigenvalue weighted by molar-refractivity contribution is -0.132. The van der Waals surface area contributed by atoms with Crippen molar-refractivity contribution in [2.45, 2.75) is 31.7 Å². The van der Waals surface area contributed by atoms with Crippen molar-refractivity contribution in [3.8, 4) is 12.1 Å². The second kappa shape index (κ2) is 8.52. The molecule has 1 aliphatic carbocycles. The summed E-state index contributed by atoms with van der Waals surface area (Å²) in [5.41, 5.74) is 5.77. The first-order valence-corrected chi connectivity index (χ1v) is 7.06. The smallest absolute Gasteiger partial charge is 0.236 e. The number of nitriles is 2. The third-order valence-electron chi connectivity index (χ3n) is 3.70. The van der Waals surface area contributed by atoms with E-state index in [4.69, 9.17) is 16.3 Å². The van der Waals surface area contributed by atoms with Crippen LogP contribution in [0.15, 0.2) is 0 Å². The Labute approximate surface area is 120 Å². The van der Waals surface area contributed by atoms with Crippen LogP contribution in [0.2, 0.25) is 0 Å². The molecule has 0 radical (unpaired) electrons. The molecule has 1 rings (SSSR count). The third kappa shape index (κ3) is 5.16. The fraction of sp³-hybridized carbons (Fsp3) is 0.786. The lowest BCUT2D eigenvalue weighted by Gasteiger charge is -2.29. The van der Waals surface area contributed by atoms with Gasteiger partial charge >= 0.3 is 0 Å². The van der Waals surface area contributed by atoms with Crippen LogP contribution in [0.1, 0.15) is 25.7 Å². The number of likely N-dealkylation sites (N-methyl/N-ethyl adjacent to an activating group) is 1. The van der Waals surface area contributed by atoms with E-state index in [1.165, 1.54) is 12.8 Å². The minimum absolute atomic E-state index is 0.0305. The van der Waals surface area contributed by atoms with E-state index in [0.717, 1.165) is 0 Å². The molecule has 6 heteroatoms. The normalized spacial score (nSPS) is 15.4. The molecule has 0 aliphatic heterocycles. The van der Waals surface area contributed by atoms with Crippen molar-refractivity contribution in [2.75, 3.05) is 33.2 Å². The van der Waals surface area contributed by atoms with Crippen LogP contribution in [0.3, 0.4) is 0 Å². The maximum atomic E-state index is 12.3. The van der Waals surface area contributed by atoms with Crippen molar-refractivity contribution in [1.29, 1.82) is 10.5 Å². The van der Waals surface area contributed by atoms with Gasteiger partial charge in [0.1, 0.15) is 0 Å². The van der Waals surface area contributed by atoms with Gasteiger partial charge in [0, 0.05) is 25.7 Å². The van der Waals surface area contributed by atoms with Crippen molar-refractivity contribution >= 4 is 5.91 Å². The number of hydrogen-bond donors (Lipinski definition) is 1. The molecule has 6 nitrogen and oxygen atoms in total. The second-order valence-electron chi connectivity index (χ2n) is 5.25. The first-order valence-electron chi connectivity index (χ1n) is 7.06. The van der Waals surface area contributed by atoms with Crippen molar-refractivity contribution in [3.63, 3.8) is 0 Å². The summed E-state index contributed by atoms with van der Waals surface area (Å²) in [4.78, 5) is 15.9. The standard InChI is InChI=1S/C14H23N5O/c1-18(13(10-17)12-4-5-12)11-14(20)19(8-2-6-15)9-3-7-16/h12-13H,2-5,8-11,17H2,1H3. The molecule has 110 valence electrons. The van der Waals surface area contributed by atoms with Gasteiger partial charge in [0.05, 0.1) is 31.5 Å². The molecule has 0 saturated heterocycles. The fourth-order valence-corrected chi connectivity index (χ4v) is 2.38. The van der Waals surface area contributed by atoms with E-state index >= 15 is 0 Å². The Kier molecular flexibility index (Phi) is 7.00. The van der Waals surface area contributed by atoms with Gasteiger partial charge in [-0.2, -0.15) is 10.5 Å². The summed E-state index contributed by atoms with van der Waals surface area (Å²) in [6.07, 6.45) is 2.97. The Hall–Kier alpha value is -1.63. The number of carbonyl (C=O) groups is 1. The van der Waals surface area contributed by atoms with Crippen LogP contribution in [0.5, 0.6) is 0 Å². The van der Waals surface area contributed by atoms with Gasteiger partial charge in [0.15, 0.2) is 0 Å². The van der Waals surface area contributed by atoms with Crippen molar-refractivity contribution in [3.05, 3.63) is 0 Å². The molecule has 0 spiro atoms. The predicted molar refractivity (Wildman–Crippen MR) is 75.2 cm³/mol. The van der Waals surface area contributed by atoms with E-state index in [0.29, 0.717) is 44.9 Å². The molecule has 1 saturated carbocycles. The highest BCUT2D eigenvalue weighted by atomic mass is 16.2. The molecule has 2 N–H and O–H groups in total. The quantitative estimate of drug-likeness (QED) is 0.654. The Morgan fingerprint density at radius 3 is 2.25 bits per heavy atom. The summed E-state index contributed by atoms with van der Waals surface area (Å²) in [6.45, 7) is 1.64. The highest BCUT2D eigenvalue weighted by molar-refractivity contribution is 5.78. The molecule has 0 aromatic rings. The Bertz CT molecular complexity index is 375. The summed E-state index contributed by atoms with van der Waals surface area (Å²) in [7, 11) is 1.92. The summed E-state index contributed by atoms with van der Waals surface area (Å²) in [5, 5.41) is 17.3. The van der Waals surface area contributed by atoms with Crippen molar-refractivity contribution in [1.82, 2.24) is 9.80 Å². The molecule has 1 unspecified atom stereocenters. The van der Waals surface area contributed by atoms with Crippen molar-refractivity contribution < 1.29 is 4.79 Å². The van der Waals surface area contributed by atoms with Gasteiger partial charge in [-0.25, -0.2) is 0 Å². The maximum Gasteiger partial charge on any atom is 0.236 e. The molecular formula is C14H23N5O. The Balaban J connectivity index is 2.50. The average molecular weight is 277 g/mol. The molecular weight excluding hydrogens is 254 g/mol. The van der Waals surface area contributed by atoms with Crippen LogP contribution in [0.4, 0.5) is 0 Å². The van der Waals surface area contributed by atoms with Crippen LogP contribution in [-0.2, 0) is 4.79 Å². The van der Waals surface area contributed by atoms with Crippen LogP contribution < -0.4 is 5.73 Å². The van der Waals surface area contributed by atoms with Gasteiger partial charge in [-0.3, -0.25) is 9.69 Å². The van der Waals surface area contributed by atoms with Crippen LogP contribution in [0.25, 0.3) is 0 Å². The Morgan fingerprint density at radius 1 is 1.30 bits per heavy atom. The van der Waals surface area contributed by atoms with E-state index < -0.39 is 0 Å². The number of rotatable bonds is 9. The van der Waals surface area contributed by atoms with Gasteiger partial charge < -0.3 is 10.6 Å². The topological polar surface area (TPSA) is 97.1 Å². The van der Waals surface area contributed by atoms with Gasteiger partial charge in [-0.05, 0) is 25.8 Å². The summed E-state index contributed by atoms with van der Waals surface area (Å²) in [6, 6.07) is 4.33. The number of nitrogens with two attached hydrogens (primary N) is 1. The lowest BCUT2D eigenvalue weighted by atomic mass is 10.1. The monoisotopic (exact) mass is 277 g/mol. The lowest BCUT2D eigenvalue weighted by Crippen LogP contribution is -2.46. The van der Waals surface area contributed by atoms with E-state index in [9.17, 15) is 4.79 Å². The van der Waals surface area contributed by atoms with Crippen LogP contribution in [0, 0.1) is 28.6 Å². The van der Waals surface area contributed by atoms with Crippen LogP contribution in [-0.4, -0.2) is 55.0 Å². The number of carbonyl (C=O) groups excluding carboxylic acids is 1. The third-order valence-corrected chi connectivity index (χ3v) is 3.70. The van der Waals surface area contributed by atoms with Gasteiger partial charge in [-0.1, -0.05) is 0 Å². The zero-order chi connectivity index (χ0) is 15.0. The molecule has 0 bridgehead atoms. The first kappa shape index (κ1) is 16.4. The van der Waals surface area contributed by atoms with Gasteiger partial charge in [0.25, 0.3) is 0 Å². The van der Waals surface area contributed by atoms with Gasteiger partial charge in [0.2, 0.25) is 5.91 Å². The van der Waals surface area contributed by atoms with Crippen LogP contribution >= 0.6 is 0 Å². The summed E-state index contributed by atoms with van der Waals surface area (Å²) in [5.74, 6) is 0.585. The molecule has 0 aromatic heterocycles. The second-order valence-corrected chi connectivity index (χ2v) is 5.25. The highest BCUT2D eigenvalue weighted by Gasteiger charge is 2.33. The highest BCUT2D eigenvalue weighted by Crippen LogP contribution is 2.34. The fourth-order valence-electron chi connectivity index (χ4n) is 2.38. The number of hydrogen-bond acceptors (Lipinski definition) is 5. The summed E-state index contributed by atoms with van der Waals surface area (Å²) >= 11 is 0. The van der Waals surface area contributed by atoms with Crippen molar-refractivity contribution in [2.24, 2.45) is 11.7 Å². The first-order chi connectivity index (χ1) is 9.63. The van der Waals surface area contributed by atoms with E-state index in [2.05, 4.69) is 0 Å². The zero-order valence-electron chi connectivity index (χ0n) is 12.1. The molecule has 1 fully saturated rings. The zero-order valence-corrected chi connectivity index (χ0v) is 12.1. The molecule has 0 heterocycles. The molecule has 20 heavy (non-hydrogen) atoms. The summed E-state index contributed by atoms with van der Waals surface area (Å²) < 4.78 is 0. The predicted octanol–water partition coefficient (Wildman–Crippen LogP) is 0.311. The minimum atomic E-state index is -0.0305. The number of nitrogens with zero attached hydrogens (tertiary/aromatic N) is 4. The SMILES string of the molecule is CN(CC(=O)N(CCC#N)CCC#N)C(CN)C1CC1. The van der Waals surface area contributed by atoms with E-state index in [1.807, 2.05) is 24.1 Å². The number of amides is 1. The van der Waals surface area contributed by atoms with Gasteiger partial charge in [-0.15, -0.1) is 0 Å². The Morgan fingerprint density at radius 2 is 1.85 bits per heavy atom. The van der Waals surface area contributed by atoms with E-state index in [-0.39, 0.29) is 11.9 Å². The molecule has 1 atom stereocenters. The minimum Gasteiger partial charge on any atom is -0.340 e. The molecule has 1 amide bonds. The maximum absolute atomic E-state index is 12.3. The molecule has 0 aromatic carbocycles. The molecule has 1 aliphatic rings. The average Bonchev–Trinajstić information content (AvgIpc) is 3.24.